The number of hydrogen-bond donors (Lipinski definition) is 2. The minimum absolute atomic E-state index is 0.0329. The number of nitrogens with one attached hydrogen (secondary N) is 2. The summed E-state index contributed by atoms with van der Waals surface area (Å²) in [6, 6.07) is 16.5. The van der Waals surface area contributed by atoms with Gasteiger partial charge in [-0.15, -0.1) is 0 Å². The van der Waals surface area contributed by atoms with Crippen molar-refractivity contribution < 1.29 is 14.4 Å². The Morgan fingerprint density at radius 3 is 2.67 bits per heavy atom. The molecule has 3 rings (SSSR count). The number of ketones is 1. The highest BCUT2D eigenvalue weighted by Gasteiger charge is 2.32. The Labute approximate surface area is 161 Å². The lowest BCUT2D eigenvalue weighted by Crippen LogP contribution is -2.28. The maximum absolute atomic E-state index is 12.3. The van der Waals surface area contributed by atoms with E-state index in [0.717, 1.165) is 5.56 Å². The zero-order valence-corrected chi connectivity index (χ0v) is 15.6. The number of amides is 2. The average molecular weight is 381 g/mol. The van der Waals surface area contributed by atoms with Crippen LogP contribution in [0.3, 0.4) is 0 Å². The number of carbonyl (C=O) groups is 3. The fraction of sp³-hybridized carbons (Fsp3) is 0.200. The van der Waals surface area contributed by atoms with Crippen molar-refractivity contribution in [1.82, 2.24) is 5.32 Å². The largest absolute Gasteiger partial charge is 0.326 e. The number of thioether (sulfide) groups is 1. The Balaban J connectivity index is 1.56. The molecular weight excluding hydrogens is 362 g/mol. The summed E-state index contributed by atoms with van der Waals surface area (Å²) in [5, 5.41) is 5.46. The van der Waals surface area contributed by atoms with Crippen LogP contribution in [0.25, 0.3) is 0 Å². The Morgan fingerprint density at radius 2 is 1.93 bits per heavy atom. The first-order valence-electron chi connectivity index (χ1n) is 8.48. The molecule has 0 bridgehead atoms. The summed E-state index contributed by atoms with van der Waals surface area (Å²) in [7, 11) is 0. The molecule has 1 atom stereocenters. The predicted octanol–water partition coefficient (Wildman–Crippen LogP) is 3.01. The second kappa shape index (κ2) is 8.64. The summed E-state index contributed by atoms with van der Waals surface area (Å²) < 4.78 is 0. The maximum Gasteiger partial charge on any atom is 0.240 e. The van der Waals surface area contributed by atoms with Gasteiger partial charge in [0.15, 0.2) is 11.0 Å². The van der Waals surface area contributed by atoms with E-state index in [1.165, 1.54) is 18.7 Å². The molecule has 6 nitrogen and oxygen atoms in total. The highest BCUT2D eigenvalue weighted by atomic mass is 32.2. The Hall–Kier alpha value is -2.93. The lowest BCUT2D eigenvalue weighted by molar-refractivity contribution is -0.122. The number of Topliss-reactive ketones (excluding diaryl/α,β-unsaturated/α-hetero) is 1. The van der Waals surface area contributed by atoms with Crippen LogP contribution in [-0.4, -0.2) is 28.0 Å². The zero-order chi connectivity index (χ0) is 19.2. The quantitative estimate of drug-likeness (QED) is 0.753. The summed E-state index contributed by atoms with van der Waals surface area (Å²) in [5.74, 6) is -0.580. The van der Waals surface area contributed by atoms with Crippen molar-refractivity contribution in [3.63, 3.8) is 0 Å². The third-order valence-corrected chi connectivity index (χ3v) is 5.07. The van der Waals surface area contributed by atoms with Crippen molar-refractivity contribution >= 4 is 40.2 Å². The number of amidine groups is 1. The molecule has 1 heterocycles. The summed E-state index contributed by atoms with van der Waals surface area (Å²) in [4.78, 5) is 40.2. The topological polar surface area (TPSA) is 87.6 Å². The molecule has 1 aliphatic heterocycles. The van der Waals surface area contributed by atoms with Gasteiger partial charge in [-0.3, -0.25) is 19.4 Å². The number of hydrogen-bond acceptors (Lipinski definition) is 5. The highest BCUT2D eigenvalue weighted by molar-refractivity contribution is 8.15. The highest BCUT2D eigenvalue weighted by Crippen LogP contribution is 2.23. The van der Waals surface area contributed by atoms with Crippen LogP contribution in [0.2, 0.25) is 0 Å². The van der Waals surface area contributed by atoms with Gasteiger partial charge in [-0.2, -0.15) is 0 Å². The third kappa shape index (κ3) is 5.27. The van der Waals surface area contributed by atoms with Gasteiger partial charge < -0.3 is 10.6 Å². The summed E-state index contributed by atoms with van der Waals surface area (Å²) in [6.45, 7) is 1.94. The molecule has 2 amide bonds. The zero-order valence-electron chi connectivity index (χ0n) is 14.8. The first-order valence-corrected chi connectivity index (χ1v) is 9.36. The fourth-order valence-electron chi connectivity index (χ4n) is 2.56. The smallest absolute Gasteiger partial charge is 0.240 e. The summed E-state index contributed by atoms with van der Waals surface area (Å²) in [6.07, 6.45) is 0.0329. The van der Waals surface area contributed by atoms with Gasteiger partial charge in [0.1, 0.15) is 5.25 Å². The van der Waals surface area contributed by atoms with Crippen LogP contribution in [0.1, 0.15) is 29.3 Å². The van der Waals surface area contributed by atoms with Crippen molar-refractivity contribution in [2.24, 2.45) is 4.99 Å². The average Bonchev–Trinajstić information content (AvgIpc) is 3.00. The van der Waals surface area contributed by atoms with Crippen LogP contribution in [0.5, 0.6) is 0 Å². The normalized spacial score (nSPS) is 17.6. The molecule has 138 valence electrons. The number of benzene rings is 2. The molecule has 0 radical (unpaired) electrons. The Morgan fingerprint density at radius 1 is 1.15 bits per heavy atom. The molecular formula is C20H19N3O3S. The first kappa shape index (κ1) is 18.8. The third-order valence-electron chi connectivity index (χ3n) is 3.95. The van der Waals surface area contributed by atoms with Crippen molar-refractivity contribution in [3.8, 4) is 0 Å². The van der Waals surface area contributed by atoms with Gasteiger partial charge >= 0.3 is 0 Å². The standard InChI is InChI=1S/C20H19N3O3S/c1-13(24)15-8-5-9-16(10-15)22-18(25)11-17-19(26)23-20(27-17)21-12-14-6-3-2-4-7-14/h2-10,17H,11-12H2,1H3,(H,22,25)(H,21,23,26)/t17-/m1/s1. The van der Waals surface area contributed by atoms with Crippen LogP contribution in [-0.2, 0) is 16.1 Å². The predicted molar refractivity (Wildman–Crippen MR) is 107 cm³/mol. The van der Waals surface area contributed by atoms with Crippen LogP contribution < -0.4 is 10.6 Å². The van der Waals surface area contributed by atoms with Crippen molar-refractivity contribution in [1.29, 1.82) is 0 Å². The summed E-state index contributed by atoms with van der Waals surface area (Å²) >= 11 is 1.26. The Kier molecular flexibility index (Phi) is 6.03. The molecule has 2 N–H and O–H groups in total. The lowest BCUT2D eigenvalue weighted by atomic mass is 10.1. The van der Waals surface area contributed by atoms with E-state index in [1.807, 2.05) is 30.3 Å². The van der Waals surface area contributed by atoms with Gasteiger partial charge in [0, 0.05) is 17.7 Å². The van der Waals surface area contributed by atoms with Gasteiger partial charge in [-0.25, -0.2) is 0 Å². The molecule has 7 heteroatoms. The van der Waals surface area contributed by atoms with Crippen LogP contribution >= 0.6 is 11.8 Å². The minimum atomic E-state index is -0.518. The van der Waals surface area contributed by atoms with Gasteiger partial charge in [-0.05, 0) is 24.6 Å². The maximum atomic E-state index is 12.3. The number of rotatable bonds is 6. The van der Waals surface area contributed by atoms with E-state index in [-0.39, 0.29) is 24.0 Å². The van der Waals surface area contributed by atoms with Gasteiger partial charge in [0.2, 0.25) is 11.8 Å². The van der Waals surface area contributed by atoms with E-state index in [0.29, 0.717) is 23.0 Å². The molecule has 1 aliphatic rings. The minimum Gasteiger partial charge on any atom is -0.326 e. The summed E-state index contributed by atoms with van der Waals surface area (Å²) in [5.41, 5.74) is 2.11. The second-order valence-electron chi connectivity index (χ2n) is 6.09. The van der Waals surface area contributed by atoms with E-state index < -0.39 is 5.25 Å². The van der Waals surface area contributed by atoms with Crippen LogP contribution in [0, 0.1) is 0 Å². The lowest BCUT2D eigenvalue weighted by Gasteiger charge is -2.08. The van der Waals surface area contributed by atoms with Gasteiger partial charge in [-0.1, -0.05) is 54.2 Å². The molecule has 2 aromatic carbocycles. The second-order valence-corrected chi connectivity index (χ2v) is 7.28. The first-order chi connectivity index (χ1) is 13.0. The molecule has 27 heavy (non-hydrogen) atoms. The molecule has 1 saturated heterocycles. The van der Waals surface area contributed by atoms with E-state index in [4.69, 9.17) is 0 Å². The van der Waals surface area contributed by atoms with Crippen molar-refractivity contribution in [2.75, 3.05) is 5.32 Å². The van der Waals surface area contributed by atoms with Crippen molar-refractivity contribution in [3.05, 3.63) is 65.7 Å². The molecule has 1 fully saturated rings. The molecule has 2 aromatic rings. The molecule has 0 aliphatic carbocycles. The van der Waals surface area contributed by atoms with Crippen LogP contribution in [0.15, 0.2) is 59.6 Å². The molecule has 0 saturated carbocycles. The number of carbonyl (C=O) groups excluding carboxylic acids is 3. The number of anilines is 1. The van der Waals surface area contributed by atoms with Gasteiger partial charge in [0.25, 0.3) is 0 Å². The monoisotopic (exact) mass is 381 g/mol. The molecule has 0 spiro atoms. The number of aliphatic imine (C=N–C) groups is 1. The van der Waals surface area contributed by atoms with Crippen LogP contribution in [0.4, 0.5) is 5.69 Å². The van der Waals surface area contributed by atoms with Gasteiger partial charge in [0.05, 0.1) is 6.54 Å². The number of nitrogens with zero attached hydrogens (tertiary/aromatic N) is 1. The SMILES string of the molecule is CC(=O)c1cccc(NC(=O)C[C@H]2SC(=NCc3ccccc3)NC2=O)c1. The van der Waals surface area contributed by atoms with E-state index >= 15 is 0 Å². The van der Waals surface area contributed by atoms with E-state index in [1.54, 1.807) is 24.3 Å². The fourth-order valence-corrected chi connectivity index (χ4v) is 3.53. The molecule has 0 aromatic heterocycles. The van der Waals surface area contributed by atoms with E-state index in [9.17, 15) is 14.4 Å². The molecule has 0 unspecified atom stereocenters. The van der Waals surface area contributed by atoms with E-state index in [2.05, 4.69) is 15.6 Å². The van der Waals surface area contributed by atoms with Crippen molar-refractivity contribution in [2.45, 2.75) is 25.1 Å². The Bertz CT molecular complexity index is 896.